The summed E-state index contributed by atoms with van der Waals surface area (Å²) in [6.45, 7) is 1.28. The number of alkyl halides is 8. The van der Waals surface area contributed by atoms with Crippen LogP contribution in [0, 0.1) is 0 Å². The molecule has 0 rings (SSSR count). The Kier molecular flexibility index (Phi) is 8.55. The molecule has 0 saturated carbocycles. The maximum Gasteiger partial charge on any atom is 0.679 e. The maximum atomic E-state index is 13.5. The van der Waals surface area contributed by atoms with Gasteiger partial charge in [0.25, 0.3) is 0 Å². The first-order chi connectivity index (χ1) is 10.8. The number of hydrogen-bond acceptors (Lipinski definition) is 4. The standard InChI is InChI=1S/C11H18F8O4Si/c1-4-20-24(21-5-2,22-6-3)23-7-9(14,15)11(18,19)10(16,17)8(12)13/h8H,4-7H2,1-3H3. The van der Waals surface area contributed by atoms with Gasteiger partial charge in [0.1, 0.15) is 6.61 Å². The molecule has 0 spiro atoms. The smallest absolute Gasteiger partial charge is 0.351 e. The van der Waals surface area contributed by atoms with E-state index in [4.69, 9.17) is 13.3 Å². The minimum Gasteiger partial charge on any atom is -0.351 e. The molecule has 0 aliphatic heterocycles. The SMILES string of the molecule is CCO[Si](OCC)(OCC)OCC(F)(F)C(F)(F)C(F)(F)C(F)F. The summed E-state index contributed by atoms with van der Waals surface area (Å²) in [7, 11) is -4.32. The molecule has 24 heavy (non-hydrogen) atoms. The first kappa shape index (κ1) is 23.5. The van der Waals surface area contributed by atoms with E-state index in [9.17, 15) is 35.1 Å². The summed E-state index contributed by atoms with van der Waals surface area (Å²) in [6.07, 6.45) is -4.99. The molecule has 0 radical (unpaired) electrons. The molecule has 0 amide bonds. The second kappa shape index (κ2) is 8.74. The van der Waals surface area contributed by atoms with Crippen LogP contribution in [-0.2, 0) is 17.7 Å². The van der Waals surface area contributed by atoms with Gasteiger partial charge in [0.2, 0.25) is 0 Å². The van der Waals surface area contributed by atoms with Gasteiger partial charge >= 0.3 is 33.2 Å². The average Bonchev–Trinajstić information content (AvgIpc) is 2.45. The highest BCUT2D eigenvalue weighted by Gasteiger charge is 2.75. The zero-order chi connectivity index (χ0) is 19.2. The average molecular weight is 394 g/mol. The fourth-order valence-corrected chi connectivity index (χ4v) is 3.35. The molecule has 146 valence electrons. The third-order valence-electron chi connectivity index (χ3n) is 2.55. The summed E-state index contributed by atoms with van der Waals surface area (Å²) in [5, 5.41) is 0. The van der Waals surface area contributed by atoms with Crippen molar-refractivity contribution in [3.8, 4) is 0 Å². The lowest BCUT2D eigenvalue weighted by molar-refractivity contribution is -0.344. The first-order valence-corrected chi connectivity index (χ1v) is 8.44. The van der Waals surface area contributed by atoms with Crippen LogP contribution in [0.2, 0.25) is 0 Å². The molecular weight excluding hydrogens is 376 g/mol. The molecule has 0 aromatic carbocycles. The van der Waals surface area contributed by atoms with Crippen molar-refractivity contribution >= 4 is 9.05 Å². The molecule has 0 aromatic rings. The zero-order valence-corrected chi connectivity index (χ0v) is 14.1. The van der Waals surface area contributed by atoms with Crippen LogP contribution in [0.1, 0.15) is 20.8 Å². The Morgan fingerprint density at radius 1 is 0.750 bits per heavy atom. The van der Waals surface area contributed by atoms with Crippen molar-refractivity contribution in [2.75, 3.05) is 26.4 Å². The molecule has 0 atom stereocenters. The summed E-state index contributed by atoms with van der Waals surface area (Å²) >= 11 is 0. The lowest BCUT2D eigenvalue weighted by atomic mass is 10.1. The van der Waals surface area contributed by atoms with E-state index in [1.165, 1.54) is 20.8 Å². The van der Waals surface area contributed by atoms with Gasteiger partial charge in [-0.2, -0.15) is 26.3 Å². The van der Waals surface area contributed by atoms with Gasteiger partial charge in [0, 0.05) is 19.8 Å². The van der Waals surface area contributed by atoms with Crippen LogP contribution in [0.3, 0.4) is 0 Å². The van der Waals surface area contributed by atoms with Crippen molar-refractivity contribution in [1.29, 1.82) is 0 Å². The van der Waals surface area contributed by atoms with Crippen LogP contribution in [0.25, 0.3) is 0 Å². The largest absolute Gasteiger partial charge is 0.679 e. The number of hydrogen-bond donors (Lipinski definition) is 0. The minimum absolute atomic E-state index is 0.179. The van der Waals surface area contributed by atoms with Gasteiger partial charge in [-0.1, -0.05) is 0 Å². The molecule has 0 aromatic heterocycles. The molecule has 13 heteroatoms. The summed E-state index contributed by atoms with van der Waals surface area (Å²) in [6, 6.07) is 0. The van der Waals surface area contributed by atoms with Crippen LogP contribution in [-0.4, -0.2) is 59.7 Å². The molecule has 0 heterocycles. The summed E-state index contributed by atoms with van der Waals surface area (Å²) in [4.78, 5) is 0. The van der Waals surface area contributed by atoms with Gasteiger partial charge in [-0.3, -0.25) is 0 Å². The summed E-state index contributed by atoms with van der Waals surface area (Å²) < 4.78 is 122. The Balaban J connectivity index is 5.38. The summed E-state index contributed by atoms with van der Waals surface area (Å²) in [5.41, 5.74) is 0. The van der Waals surface area contributed by atoms with Crippen molar-refractivity contribution in [2.45, 2.75) is 45.0 Å². The van der Waals surface area contributed by atoms with Crippen LogP contribution in [0.15, 0.2) is 0 Å². The second-order valence-corrected chi connectivity index (χ2v) is 6.44. The predicted molar refractivity (Wildman–Crippen MR) is 67.4 cm³/mol. The van der Waals surface area contributed by atoms with Crippen molar-refractivity contribution in [3.63, 3.8) is 0 Å². The van der Waals surface area contributed by atoms with E-state index >= 15 is 0 Å². The third kappa shape index (κ3) is 5.00. The molecule has 0 aliphatic carbocycles. The number of halogens is 8. The van der Waals surface area contributed by atoms with E-state index in [-0.39, 0.29) is 19.8 Å². The van der Waals surface area contributed by atoms with E-state index in [2.05, 4.69) is 4.43 Å². The van der Waals surface area contributed by atoms with E-state index in [1.54, 1.807) is 0 Å². The highest BCUT2D eigenvalue weighted by molar-refractivity contribution is 6.53. The highest BCUT2D eigenvalue weighted by atomic mass is 28.4. The topological polar surface area (TPSA) is 36.9 Å². The lowest BCUT2D eigenvalue weighted by Gasteiger charge is -2.34. The lowest BCUT2D eigenvalue weighted by Crippen LogP contribution is -2.61. The van der Waals surface area contributed by atoms with E-state index in [1.807, 2.05) is 0 Å². The van der Waals surface area contributed by atoms with Gasteiger partial charge < -0.3 is 17.7 Å². The van der Waals surface area contributed by atoms with E-state index in [0.29, 0.717) is 0 Å². The van der Waals surface area contributed by atoms with Crippen LogP contribution < -0.4 is 0 Å². The fourth-order valence-electron chi connectivity index (χ4n) is 1.43. The Hall–Kier alpha value is -0.503. The normalized spacial score (nSPS) is 14.5. The van der Waals surface area contributed by atoms with Crippen molar-refractivity contribution in [2.24, 2.45) is 0 Å². The van der Waals surface area contributed by atoms with Gasteiger partial charge in [0.05, 0.1) is 0 Å². The van der Waals surface area contributed by atoms with E-state index in [0.717, 1.165) is 0 Å². The Labute approximate surface area is 134 Å². The predicted octanol–water partition coefficient (Wildman–Crippen LogP) is 3.72. The molecule has 0 bridgehead atoms. The third-order valence-corrected chi connectivity index (χ3v) is 4.97. The van der Waals surface area contributed by atoms with Crippen molar-refractivity contribution in [3.05, 3.63) is 0 Å². The van der Waals surface area contributed by atoms with Gasteiger partial charge in [0.15, 0.2) is 0 Å². The molecule has 0 saturated heterocycles. The molecule has 4 nitrogen and oxygen atoms in total. The monoisotopic (exact) mass is 394 g/mol. The Bertz CT molecular complexity index is 366. The van der Waals surface area contributed by atoms with Gasteiger partial charge in [-0.05, 0) is 20.8 Å². The number of rotatable bonds is 12. The fraction of sp³-hybridized carbons (Fsp3) is 1.00. The molecule has 0 N–H and O–H groups in total. The molecule has 0 aliphatic rings. The quantitative estimate of drug-likeness (QED) is 0.374. The first-order valence-electron chi connectivity index (χ1n) is 6.81. The van der Waals surface area contributed by atoms with Crippen LogP contribution >= 0.6 is 0 Å². The van der Waals surface area contributed by atoms with Crippen LogP contribution in [0.5, 0.6) is 0 Å². The highest BCUT2D eigenvalue weighted by Crippen LogP contribution is 2.48. The van der Waals surface area contributed by atoms with E-state index < -0.39 is 39.8 Å². The van der Waals surface area contributed by atoms with Crippen molar-refractivity contribution in [1.82, 2.24) is 0 Å². The van der Waals surface area contributed by atoms with Crippen molar-refractivity contribution < 1.29 is 52.8 Å². The molecule has 0 fully saturated rings. The summed E-state index contributed by atoms with van der Waals surface area (Å²) in [5.74, 6) is -18.2. The second-order valence-electron chi connectivity index (χ2n) is 4.29. The Morgan fingerprint density at radius 3 is 1.42 bits per heavy atom. The Morgan fingerprint density at radius 2 is 1.12 bits per heavy atom. The van der Waals surface area contributed by atoms with Crippen LogP contribution in [0.4, 0.5) is 35.1 Å². The van der Waals surface area contributed by atoms with Gasteiger partial charge in [-0.25, -0.2) is 8.78 Å². The minimum atomic E-state index is -6.36. The molecule has 0 unspecified atom stereocenters. The maximum absolute atomic E-state index is 13.5. The molecular formula is C11H18F8O4Si. The van der Waals surface area contributed by atoms with Gasteiger partial charge in [-0.15, -0.1) is 0 Å². The zero-order valence-electron chi connectivity index (χ0n) is 13.1.